The summed E-state index contributed by atoms with van der Waals surface area (Å²) >= 11 is 0. The van der Waals surface area contributed by atoms with Crippen LogP contribution in [0.15, 0.2) is 60.9 Å². The summed E-state index contributed by atoms with van der Waals surface area (Å²) < 4.78 is 0. The fraction of sp³-hybridized carbons (Fsp3) is 0.323. The van der Waals surface area contributed by atoms with Gasteiger partial charge in [0.15, 0.2) is 0 Å². The standard InChI is InChI=1S/C31H34N6O7/c32-21(12-17-15-33-22-8-3-1-6-19(17)22)28(40)35-24(14-27(38)39)29(41)36-25(30(42)37-11-5-10-26(37)31(43)44)13-18-16-34-23-9-4-2-7-20(18)23/h1-4,6-9,15-16,21,24-26,33-34H,5,10-14,32H2,(H,35,40)(H,36,41)(H,38,39)(H,43,44). The zero-order valence-corrected chi connectivity index (χ0v) is 23.8. The van der Waals surface area contributed by atoms with E-state index in [4.69, 9.17) is 5.73 Å². The summed E-state index contributed by atoms with van der Waals surface area (Å²) in [5.41, 5.74) is 9.33. The second-order valence-corrected chi connectivity index (χ2v) is 11.0. The van der Waals surface area contributed by atoms with E-state index in [0.717, 1.165) is 27.4 Å². The van der Waals surface area contributed by atoms with E-state index in [-0.39, 0.29) is 25.8 Å². The lowest BCUT2D eigenvalue weighted by Gasteiger charge is -2.28. The maximum absolute atomic E-state index is 13.7. The highest BCUT2D eigenvalue weighted by Crippen LogP contribution is 2.23. The number of aromatic nitrogens is 2. The summed E-state index contributed by atoms with van der Waals surface area (Å²) in [5, 5.41) is 26.0. The molecule has 0 bridgehead atoms. The Bertz CT molecular complexity index is 1710. The number of rotatable bonds is 12. The molecule has 8 N–H and O–H groups in total. The number of H-pyrrole nitrogens is 2. The maximum Gasteiger partial charge on any atom is 0.326 e. The van der Waals surface area contributed by atoms with E-state index in [9.17, 15) is 34.2 Å². The third-order valence-electron chi connectivity index (χ3n) is 8.00. The van der Waals surface area contributed by atoms with Gasteiger partial charge in [-0.2, -0.15) is 0 Å². The number of aromatic amines is 2. The van der Waals surface area contributed by atoms with Crippen LogP contribution in [0.2, 0.25) is 0 Å². The average Bonchev–Trinajstić information content (AvgIpc) is 3.75. The minimum absolute atomic E-state index is 0.00520. The van der Waals surface area contributed by atoms with Gasteiger partial charge >= 0.3 is 11.9 Å². The first kappa shape index (κ1) is 30.3. The summed E-state index contributed by atoms with van der Waals surface area (Å²) in [6.45, 7) is 0.202. The van der Waals surface area contributed by atoms with Gasteiger partial charge in [-0.1, -0.05) is 36.4 Å². The number of nitrogens with two attached hydrogens (primary N) is 1. The number of nitrogens with zero attached hydrogens (tertiary/aromatic N) is 1. The summed E-state index contributed by atoms with van der Waals surface area (Å²) in [4.78, 5) is 71.4. The molecule has 5 rings (SSSR count). The Morgan fingerprint density at radius 2 is 1.41 bits per heavy atom. The summed E-state index contributed by atoms with van der Waals surface area (Å²) in [5.74, 6) is -4.73. The van der Waals surface area contributed by atoms with Crippen molar-refractivity contribution in [2.75, 3.05) is 6.54 Å². The van der Waals surface area contributed by atoms with Gasteiger partial charge in [0.25, 0.3) is 0 Å². The van der Waals surface area contributed by atoms with Gasteiger partial charge in [0.2, 0.25) is 17.7 Å². The quantitative estimate of drug-likeness (QED) is 0.125. The van der Waals surface area contributed by atoms with Crippen LogP contribution in [0.3, 0.4) is 0 Å². The third kappa shape index (κ3) is 6.57. The zero-order valence-electron chi connectivity index (χ0n) is 23.8. The van der Waals surface area contributed by atoms with Crippen molar-refractivity contribution in [1.82, 2.24) is 25.5 Å². The second-order valence-electron chi connectivity index (χ2n) is 11.0. The van der Waals surface area contributed by atoms with Crippen molar-refractivity contribution in [3.63, 3.8) is 0 Å². The van der Waals surface area contributed by atoms with Crippen LogP contribution < -0.4 is 16.4 Å². The van der Waals surface area contributed by atoms with Gasteiger partial charge in [-0.25, -0.2) is 4.79 Å². The molecule has 1 aliphatic heterocycles. The lowest BCUT2D eigenvalue weighted by Crippen LogP contribution is -2.58. The number of carboxylic acid groups (broad SMARTS) is 2. The molecule has 4 unspecified atom stereocenters. The topological polar surface area (TPSA) is 211 Å². The summed E-state index contributed by atoms with van der Waals surface area (Å²) in [6, 6.07) is 9.96. The van der Waals surface area contributed by atoms with E-state index in [2.05, 4.69) is 20.6 Å². The first-order chi connectivity index (χ1) is 21.1. The number of amides is 3. The Labute approximate surface area is 251 Å². The number of nitrogens with one attached hydrogen (secondary N) is 4. The number of carbonyl (C=O) groups excluding carboxylic acids is 3. The molecule has 2 aromatic carbocycles. The molecule has 0 spiro atoms. The first-order valence-electron chi connectivity index (χ1n) is 14.3. The van der Waals surface area contributed by atoms with Crippen molar-refractivity contribution in [2.24, 2.45) is 5.73 Å². The maximum atomic E-state index is 13.7. The van der Waals surface area contributed by atoms with Crippen molar-refractivity contribution in [1.29, 1.82) is 0 Å². The molecule has 0 aliphatic carbocycles. The van der Waals surface area contributed by atoms with Gasteiger partial charge in [0.1, 0.15) is 18.1 Å². The van der Waals surface area contributed by atoms with Gasteiger partial charge in [0, 0.05) is 47.2 Å². The third-order valence-corrected chi connectivity index (χ3v) is 8.00. The lowest BCUT2D eigenvalue weighted by molar-refractivity contribution is -0.149. The van der Waals surface area contributed by atoms with Crippen molar-refractivity contribution >= 4 is 51.5 Å². The monoisotopic (exact) mass is 602 g/mol. The largest absolute Gasteiger partial charge is 0.481 e. The molecule has 4 atom stereocenters. The van der Waals surface area contributed by atoms with Crippen LogP contribution in [-0.2, 0) is 36.8 Å². The van der Waals surface area contributed by atoms with E-state index >= 15 is 0 Å². The lowest BCUT2D eigenvalue weighted by atomic mass is 10.0. The molecule has 13 nitrogen and oxygen atoms in total. The van der Waals surface area contributed by atoms with E-state index in [1.807, 2.05) is 48.5 Å². The van der Waals surface area contributed by atoms with Gasteiger partial charge in [-0.15, -0.1) is 0 Å². The molecule has 2 aromatic heterocycles. The Morgan fingerprint density at radius 3 is 2.00 bits per heavy atom. The van der Waals surface area contributed by atoms with Crippen LogP contribution in [0.1, 0.15) is 30.4 Å². The fourth-order valence-electron chi connectivity index (χ4n) is 5.77. The summed E-state index contributed by atoms with van der Waals surface area (Å²) in [7, 11) is 0. The number of hydrogen-bond donors (Lipinski definition) is 7. The number of para-hydroxylation sites is 2. The van der Waals surface area contributed by atoms with E-state index in [1.54, 1.807) is 12.4 Å². The van der Waals surface area contributed by atoms with Crippen LogP contribution in [0.4, 0.5) is 0 Å². The van der Waals surface area contributed by atoms with Crippen molar-refractivity contribution in [3.05, 3.63) is 72.1 Å². The molecule has 4 aromatic rings. The molecule has 1 aliphatic rings. The van der Waals surface area contributed by atoms with Crippen molar-refractivity contribution < 1.29 is 34.2 Å². The minimum Gasteiger partial charge on any atom is -0.481 e. The predicted molar refractivity (Wildman–Crippen MR) is 160 cm³/mol. The Kier molecular flexibility index (Phi) is 8.95. The molecule has 1 saturated heterocycles. The van der Waals surface area contributed by atoms with Crippen LogP contribution in [0.5, 0.6) is 0 Å². The SMILES string of the molecule is NC(Cc1c[nH]c2ccccc12)C(=O)NC(CC(=O)O)C(=O)NC(Cc1c[nH]c2ccccc12)C(=O)N1CCCC1C(=O)O. The van der Waals surface area contributed by atoms with Crippen molar-refractivity contribution in [2.45, 2.75) is 56.3 Å². The van der Waals surface area contributed by atoms with Crippen LogP contribution in [-0.4, -0.2) is 85.5 Å². The molecule has 0 radical (unpaired) electrons. The molecule has 3 amide bonds. The zero-order chi connectivity index (χ0) is 31.4. The molecule has 230 valence electrons. The van der Waals surface area contributed by atoms with E-state index in [0.29, 0.717) is 12.0 Å². The molecule has 0 saturated carbocycles. The molecule has 3 heterocycles. The highest BCUT2D eigenvalue weighted by Gasteiger charge is 2.39. The number of aliphatic carboxylic acids is 2. The van der Waals surface area contributed by atoms with Crippen molar-refractivity contribution in [3.8, 4) is 0 Å². The first-order valence-corrected chi connectivity index (χ1v) is 14.3. The summed E-state index contributed by atoms with van der Waals surface area (Å²) in [6.07, 6.45) is 3.59. The predicted octanol–water partition coefficient (Wildman–Crippen LogP) is 1.28. The Balaban J connectivity index is 1.35. The fourth-order valence-corrected chi connectivity index (χ4v) is 5.77. The molecule has 1 fully saturated rings. The molecular weight excluding hydrogens is 568 g/mol. The van der Waals surface area contributed by atoms with Gasteiger partial charge in [-0.3, -0.25) is 19.2 Å². The number of benzene rings is 2. The highest BCUT2D eigenvalue weighted by atomic mass is 16.4. The normalized spacial score (nSPS) is 16.8. The smallest absolute Gasteiger partial charge is 0.326 e. The number of likely N-dealkylation sites (tertiary alicyclic amines) is 1. The number of carboxylic acids is 2. The Hall–Kier alpha value is -5.17. The number of carbonyl (C=O) groups is 5. The number of hydrogen-bond acceptors (Lipinski definition) is 6. The number of fused-ring (bicyclic) bond motifs is 2. The van der Waals surface area contributed by atoms with Crippen LogP contribution >= 0.6 is 0 Å². The van der Waals surface area contributed by atoms with Gasteiger partial charge in [-0.05, 0) is 42.5 Å². The Morgan fingerprint density at radius 1 is 0.841 bits per heavy atom. The highest BCUT2D eigenvalue weighted by molar-refractivity contribution is 5.96. The van der Waals surface area contributed by atoms with Gasteiger partial charge < -0.3 is 41.4 Å². The molecular formula is C31H34N6O7. The molecule has 44 heavy (non-hydrogen) atoms. The molecule has 13 heteroatoms. The van der Waals surface area contributed by atoms with E-state index in [1.165, 1.54) is 4.90 Å². The van der Waals surface area contributed by atoms with Crippen LogP contribution in [0, 0.1) is 0 Å². The second kappa shape index (κ2) is 13.0. The van der Waals surface area contributed by atoms with E-state index < -0.39 is 60.2 Å². The van der Waals surface area contributed by atoms with Crippen LogP contribution in [0.25, 0.3) is 21.8 Å². The van der Waals surface area contributed by atoms with Gasteiger partial charge in [0.05, 0.1) is 12.5 Å². The minimum atomic E-state index is -1.54. The average molecular weight is 603 g/mol.